The quantitative estimate of drug-likeness (QED) is 0.506. The number of aryl methyl sites for hydroxylation is 1. The first-order valence-corrected chi connectivity index (χ1v) is 10.9. The minimum absolute atomic E-state index is 0.110. The summed E-state index contributed by atoms with van der Waals surface area (Å²) in [5.74, 6) is 0.653. The van der Waals surface area contributed by atoms with E-state index in [9.17, 15) is 9.59 Å². The number of amides is 2. The summed E-state index contributed by atoms with van der Waals surface area (Å²) in [4.78, 5) is 30.4. The molecule has 0 saturated carbocycles. The molecular formula is C25H23BrN2O4. The standard InChI is InChI=1S/C25H23BrN2O4/c1-16-4-6-17(7-5-16)24-25(30)27(21-14-20(31-2)12-13-22(21)32-3)15-23(29)28(24)19-10-8-18(26)9-11-19/h4-14,24H,15H2,1-3H3/t24-/m1/s1. The van der Waals surface area contributed by atoms with Gasteiger partial charge in [-0.25, -0.2) is 0 Å². The third kappa shape index (κ3) is 4.08. The molecule has 32 heavy (non-hydrogen) atoms. The van der Waals surface area contributed by atoms with Crippen molar-refractivity contribution in [2.45, 2.75) is 13.0 Å². The number of ether oxygens (including phenoxy) is 2. The Bertz CT molecular complexity index is 1150. The van der Waals surface area contributed by atoms with Crippen molar-refractivity contribution in [3.05, 3.63) is 82.3 Å². The molecule has 1 atom stereocenters. The highest BCUT2D eigenvalue weighted by atomic mass is 79.9. The lowest BCUT2D eigenvalue weighted by molar-refractivity contribution is -0.128. The van der Waals surface area contributed by atoms with Gasteiger partial charge >= 0.3 is 0 Å². The molecule has 1 aliphatic rings. The number of carbonyl (C=O) groups excluding carboxylic acids is 2. The summed E-state index contributed by atoms with van der Waals surface area (Å²) < 4.78 is 11.7. The number of hydrogen-bond acceptors (Lipinski definition) is 4. The Morgan fingerprint density at radius 3 is 2.22 bits per heavy atom. The first kappa shape index (κ1) is 21.9. The van der Waals surface area contributed by atoms with E-state index in [1.54, 1.807) is 30.2 Å². The van der Waals surface area contributed by atoms with Crippen molar-refractivity contribution in [2.24, 2.45) is 0 Å². The van der Waals surface area contributed by atoms with Gasteiger partial charge in [0, 0.05) is 16.2 Å². The maximum Gasteiger partial charge on any atom is 0.255 e. The van der Waals surface area contributed by atoms with Crippen LogP contribution >= 0.6 is 15.9 Å². The van der Waals surface area contributed by atoms with E-state index in [-0.39, 0.29) is 18.4 Å². The van der Waals surface area contributed by atoms with Crippen molar-refractivity contribution < 1.29 is 19.1 Å². The van der Waals surface area contributed by atoms with Crippen molar-refractivity contribution in [3.8, 4) is 11.5 Å². The summed E-state index contributed by atoms with van der Waals surface area (Å²) in [7, 11) is 3.09. The Hall–Kier alpha value is -3.32. The number of methoxy groups -OCH3 is 2. The highest BCUT2D eigenvalue weighted by molar-refractivity contribution is 9.10. The van der Waals surface area contributed by atoms with E-state index in [0.717, 1.165) is 15.6 Å². The van der Waals surface area contributed by atoms with Gasteiger partial charge in [0.25, 0.3) is 5.91 Å². The van der Waals surface area contributed by atoms with Gasteiger partial charge in [0.05, 0.1) is 19.9 Å². The summed E-state index contributed by atoms with van der Waals surface area (Å²) in [6, 6.07) is 19.4. The van der Waals surface area contributed by atoms with Gasteiger partial charge in [0.2, 0.25) is 5.91 Å². The molecule has 1 heterocycles. The topological polar surface area (TPSA) is 59.1 Å². The number of piperazine rings is 1. The second-order valence-corrected chi connectivity index (χ2v) is 8.43. The summed E-state index contributed by atoms with van der Waals surface area (Å²) in [6.07, 6.45) is 0. The molecule has 4 rings (SSSR count). The summed E-state index contributed by atoms with van der Waals surface area (Å²) >= 11 is 3.43. The van der Waals surface area contributed by atoms with E-state index in [2.05, 4.69) is 15.9 Å². The fourth-order valence-corrected chi connectivity index (χ4v) is 4.10. The lowest BCUT2D eigenvalue weighted by atomic mass is 9.98. The normalized spacial score (nSPS) is 16.3. The van der Waals surface area contributed by atoms with E-state index in [0.29, 0.717) is 22.9 Å². The van der Waals surface area contributed by atoms with Crippen LogP contribution in [0.4, 0.5) is 11.4 Å². The zero-order valence-corrected chi connectivity index (χ0v) is 19.6. The van der Waals surface area contributed by atoms with Crippen LogP contribution in [0.25, 0.3) is 0 Å². The second kappa shape index (κ2) is 9.04. The largest absolute Gasteiger partial charge is 0.497 e. The molecule has 0 radical (unpaired) electrons. The zero-order chi connectivity index (χ0) is 22.8. The molecule has 3 aromatic rings. The smallest absolute Gasteiger partial charge is 0.255 e. The van der Waals surface area contributed by atoms with Gasteiger partial charge in [-0.05, 0) is 48.9 Å². The Morgan fingerprint density at radius 1 is 0.906 bits per heavy atom. The van der Waals surface area contributed by atoms with Crippen LogP contribution in [0.1, 0.15) is 17.2 Å². The SMILES string of the molecule is COc1ccc(OC)c(N2CC(=O)N(c3ccc(Br)cc3)[C@H](c3ccc(C)cc3)C2=O)c1. The summed E-state index contributed by atoms with van der Waals surface area (Å²) in [6.45, 7) is 1.87. The van der Waals surface area contributed by atoms with Crippen molar-refractivity contribution in [1.29, 1.82) is 0 Å². The lowest BCUT2D eigenvalue weighted by Gasteiger charge is -2.40. The molecule has 3 aromatic carbocycles. The number of rotatable bonds is 5. The van der Waals surface area contributed by atoms with Gasteiger partial charge in [-0.3, -0.25) is 19.4 Å². The van der Waals surface area contributed by atoms with Crippen LogP contribution in [0.15, 0.2) is 71.2 Å². The Balaban J connectivity index is 1.84. The van der Waals surface area contributed by atoms with Crippen LogP contribution in [0.5, 0.6) is 11.5 Å². The molecule has 6 nitrogen and oxygen atoms in total. The first-order chi connectivity index (χ1) is 15.4. The van der Waals surface area contributed by atoms with E-state index in [1.165, 1.54) is 12.0 Å². The monoisotopic (exact) mass is 494 g/mol. The number of anilines is 2. The molecule has 0 aliphatic carbocycles. The zero-order valence-electron chi connectivity index (χ0n) is 18.0. The molecule has 2 amide bonds. The Morgan fingerprint density at radius 2 is 1.59 bits per heavy atom. The molecule has 0 bridgehead atoms. The van der Waals surface area contributed by atoms with Gasteiger partial charge in [-0.15, -0.1) is 0 Å². The summed E-state index contributed by atoms with van der Waals surface area (Å²) in [5.41, 5.74) is 2.97. The van der Waals surface area contributed by atoms with Crippen molar-refractivity contribution >= 4 is 39.1 Å². The molecule has 0 N–H and O–H groups in total. The lowest BCUT2D eigenvalue weighted by Crippen LogP contribution is -2.56. The fraction of sp³-hybridized carbons (Fsp3) is 0.200. The number of halogens is 1. The van der Waals surface area contributed by atoms with Crippen LogP contribution in [0.2, 0.25) is 0 Å². The summed E-state index contributed by atoms with van der Waals surface area (Å²) in [5, 5.41) is 0. The van der Waals surface area contributed by atoms with E-state index in [4.69, 9.17) is 9.47 Å². The molecular weight excluding hydrogens is 472 g/mol. The van der Waals surface area contributed by atoms with E-state index >= 15 is 0 Å². The molecule has 1 aliphatic heterocycles. The second-order valence-electron chi connectivity index (χ2n) is 7.52. The minimum atomic E-state index is -0.811. The third-order valence-electron chi connectivity index (χ3n) is 5.49. The van der Waals surface area contributed by atoms with Gasteiger partial charge in [-0.2, -0.15) is 0 Å². The highest BCUT2D eigenvalue weighted by Crippen LogP contribution is 2.39. The third-order valence-corrected chi connectivity index (χ3v) is 6.02. The highest BCUT2D eigenvalue weighted by Gasteiger charge is 2.42. The van der Waals surface area contributed by atoms with Crippen molar-refractivity contribution in [2.75, 3.05) is 30.6 Å². The predicted octanol–water partition coefficient (Wildman–Crippen LogP) is 4.90. The van der Waals surface area contributed by atoms with E-state index < -0.39 is 6.04 Å². The van der Waals surface area contributed by atoms with Crippen LogP contribution < -0.4 is 19.3 Å². The van der Waals surface area contributed by atoms with Gasteiger partial charge < -0.3 is 9.47 Å². The van der Waals surface area contributed by atoms with Crippen molar-refractivity contribution in [1.82, 2.24) is 0 Å². The first-order valence-electron chi connectivity index (χ1n) is 10.1. The maximum atomic E-state index is 13.9. The maximum absolute atomic E-state index is 13.9. The van der Waals surface area contributed by atoms with Gasteiger partial charge in [0.15, 0.2) is 0 Å². The molecule has 164 valence electrons. The Kier molecular flexibility index (Phi) is 6.19. The van der Waals surface area contributed by atoms with Gasteiger partial charge in [0.1, 0.15) is 24.1 Å². The van der Waals surface area contributed by atoms with Crippen LogP contribution in [-0.2, 0) is 9.59 Å². The number of nitrogens with zero attached hydrogens (tertiary/aromatic N) is 2. The van der Waals surface area contributed by atoms with Crippen molar-refractivity contribution in [3.63, 3.8) is 0 Å². The number of benzene rings is 3. The average molecular weight is 495 g/mol. The molecule has 0 spiro atoms. The average Bonchev–Trinajstić information content (AvgIpc) is 2.81. The number of carbonyl (C=O) groups is 2. The molecule has 0 unspecified atom stereocenters. The molecule has 0 aromatic heterocycles. The van der Waals surface area contributed by atoms with Crippen LogP contribution in [-0.4, -0.2) is 32.6 Å². The number of hydrogen-bond donors (Lipinski definition) is 0. The predicted molar refractivity (Wildman–Crippen MR) is 127 cm³/mol. The Labute approximate surface area is 195 Å². The van der Waals surface area contributed by atoms with Gasteiger partial charge in [-0.1, -0.05) is 45.8 Å². The molecule has 1 saturated heterocycles. The van der Waals surface area contributed by atoms with E-state index in [1.807, 2.05) is 55.5 Å². The molecule has 1 fully saturated rings. The molecule has 7 heteroatoms. The van der Waals surface area contributed by atoms with Crippen LogP contribution in [0.3, 0.4) is 0 Å². The van der Waals surface area contributed by atoms with Crippen LogP contribution in [0, 0.1) is 6.92 Å². The fourth-order valence-electron chi connectivity index (χ4n) is 3.84. The minimum Gasteiger partial charge on any atom is -0.497 e.